The van der Waals surface area contributed by atoms with E-state index in [2.05, 4.69) is 15.7 Å². The molecule has 2 aliphatic heterocycles. The third kappa shape index (κ3) is 3.84. The lowest BCUT2D eigenvalue weighted by atomic mass is 10.1. The average molecular weight is 389 g/mol. The summed E-state index contributed by atoms with van der Waals surface area (Å²) in [6, 6.07) is 8.88. The lowest BCUT2D eigenvalue weighted by molar-refractivity contribution is 0.102. The number of sulfonamides is 1. The van der Waals surface area contributed by atoms with Gasteiger partial charge >= 0.3 is 0 Å². The van der Waals surface area contributed by atoms with Crippen molar-refractivity contribution in [3.05, 3.63) is 42.2 Å². The van der Waals surface area contributed by atoms with E-state index >= 15 is 0 Å². The number of carbonyl (C=O) groups excluding carboxylic acids is 1. The molecule has 2 aromatic rings. The molecule has 0 saturated carbocycles. The molecule has 2 saturated heterocycles. The van der Waals surface area contributed by atoms with Crippen LogP contribution in [0.25, 0.3) is 0 Å². The highest BCUT2D eigenvalue weighted by Gasteiger charge is 2.28. The predicted molar refractivity (Wildman–Crippen MR) is 104 cm³/mol. The Balaban J connectivity index is 1.47. The first-order chi connectivity index (χ1) is 13.0. The molecule has 8 nitrogen and oxygen atoms in total. The van der Waals surface area contributed by atoms with Crippen LogP contribution in [-0.2, 0) is 10.0 Å². The summed E-state index contributed by atoms with van der Waals surface area (Å²) in [5.41, 5.74) is 1.47. The van der Waals surface area contributed by atoms with E-state index in [1.54, 1.807) is 30.3 Å². The van der Waals surface area contributed by atoms with Gasteiger partial charge in [0, 0.05) is 25.0 Å². The smallest absolute Gasteiger partial charge is 0.276 e. The minimum Gasteiger partial charge on any atom is -0.321 e. The van der Waals surface area contributed by atoms with Crippen molar-refractivity contribution in [3.63, 3.8) is 0 Å². The second-order valence-corrected chi connectivity index (χ2v) is 8.94. The first kappa shape index (κ1) is 18.0. The van der Waals surface area contributed by atoms with Crippen molar-refractivity contribution in [2.24, 2.45) is 0 Å². The van der Waals surface area contributed by atoms with E-state index in [4.69, 9.17) is 0 Å². The molecule has 0 bridgehead atoms. The molecule has 2 fully saturated rings. The van der Waals surface area contributed by atoms with Gasteiger partial charge in [0.1, 0.15) is 0 Å². The molecule has 4 rings (SSSR count). The summed E-state index contributed by atoms with van der Waals surface area (Å²) < 4.78 is 27.4. The number of rotatable bonds is 4. The number of benzene rings is 1. The Bertz CT molecular complexity index is 934. The van der Waals surface area contributed by atoms with E-state index in [0.717, 1.165) is 25.9 Å². The molecule has 1 aromatic heterocycles. The Kier molecular flexibility index (Phi) is 4.88. The molecule has 0 aliphatic carbocycles. The van der Waals surface area contributed by atoms with Gasteiger partial charge in [0.2, 0.25) is 10.0 Å². The van der Waals surface area contributed by atoms with Crippen LogP contribution >= 0.6 is 0 Å². The summed E-state index contributed by atoms with van der Waals surface area (Å²) in [6.07, 6.45) is 4.59. The summed E-state index contributed by atoms with van der Waals surface area (Å²) in [5.74, 6) is -0.143. The van der Waals surface area contributed by atoms with Crippen LogP contribution in [0.3, 0.4) is 0 Å². The average Bonchev–Trinajstić information content (AvgIpc) is 3.29. The zero-order valence-electron chi connectivity index (χ0n) is 15.0. The fourth-order valence-corrected chi connectivity index (χ4v) is 5.14. The van der Waals surface area contributed by atoms with E-state index in [1.807, 2.05) is 10.9 Å². The van der Waals surface area contributed by atoms with Gasteiger partial charge in [0.05, 0.1) is 17.5 Å². The van der Waals surface area contributed by atoms with Crippen molar-refractivity contribution >= 4 is 27.3 Å². The van der Waals surface area contributed by atoms with Crippen LogP contribution in [0.15, 0.2) is 36.5 Å². The van der Waals surface area contributed by atoms with Gasteiger partial charge in [-0.2, -0.15) is 5.10 Å². The molecule has 1 aromatic carbocycles. The molecule has 0 spiro atoms. The van der Waals surface area contributed by atoms with Crippen molar-refractivity contribution in [2.75, 3.05) is 35.0 Å². The number of aromatic nitrogens is 2. The van der Waals surface area contributed by atoms with Crippen molar-refractivity contribution in [3.8, 4) is 0 Å². The fraction of sp³-hybridized carbons (Fsp3) is 0.444. The molecular weight excluding hydrogens is 366 g/mol. The molecule has 1 atom stereocenters. The van der Waals surface area contributed by atoms with Crippen LogP contribution in [-0.4, -0.2) is 49.5 Å². The molecule has 9 heteroatoms. The van der Waals surface area contributed by atoms with E-state index in [0.29, 0.717) is 30.0 Å². The minimum atomic E-state index is -3.25. The second kappa shape index (κ2) is 7.32. The number of piperidine rings is 1. The highest BCUT2D eigenvalue weighted by Crippen LogP contribution is 2.26. The fourth-order valence-electron chi connectivity index (χ4n) is 3.59. The number of amides is 1. The first-order valence-corrected chi connectivity index (χ1v) is 10.8. The van der Waals surface area contributed by atoms with Crippen LogP contribution < -0.4 is 14.9 Å². The summed E-state index contributed by atoms with van der Waals surface area (Å²) in [7, 11) is -3.25. The van der Waals surface area contributed by atoms with Gasteiger partial charge in [0.25, 0.3) is 5.91 Å². The summed E-state index contributed by atoms with van der Waals surface area (Å²) >= 11 is 0. The van der Waals surface area contributed by atoms with E-state index in [-0.39, 0.29) is 17.7 Å². The van der Waals surface area contributed by atoms with Crippen LogP contribution in [0, 0.1) is 0 Å². The third-order valence-electron chi connectivity index (χ3n) is 4.98. The Morgan fingerprint density at radius 3 is 2.89 bits per heavy atom. The maximum absolute atomic E-state index is 12.5. The normalized spacial score (nSPS) is 21.9. The monoisotopic (exact) mass is 389 g/mol. The predicted octanol–water partition coefficient (Wildman–Crippen LogP) is 1.60. The molecule has 27 heavy (non-hydrogen) atoms. The van der Waals surface area contributed by atoms with Gasteiger partial charge in [-0.15, -0.1) is 0 Å². The maximum Gasteiger partial charge on any atom is 0.276 e. The standard InChI is InChI=1S/C18H23N5O3S/c24-18(17-7-10-22(21-17)16-6-2-8-19-13-16)20-14-4-1-5-15(12-14)23-9-3-11-27(23,25)26/h1,4-5,7,10,12,16,19H,2-3,6,8-9,11,13H2,(H,20,24). The number of hydrogen-bond donors (Lipinski definition) is 2. The van der Waals surface area contributed by atoms with Crippen LogP contribution in [0.4, 0.5) is 11.4 Å². The maximum atomic E-state index is 12.5. The topological polar surface area (TPSA) is 96.3 Å². The number of nitrogens with zero attached hydrogens (tertiary/aromatic N) is 3. The van der Waals surface area contributed by atoms with Gasteiger partial charge < -0.3 is 10.6 Å². The Labute approximate surface area is 158 Å². The van der Waals surface area contributed by atoms with Gasteiger partial charge in [-0.1, -0.05) is 6.07 Å². The summed E-state index contributed by atoms with van der Waals surface area (Å²) in [6.45, 7) is 2.35. The summed E-state index contributed by atoms with van der Waals surface area (Å²) in [4.78, 5) is 12.5. The molecule has 2 N–H and O–H groups in total. The highest BCUT2D eigenvalue weighted by atomic mass is 32.2. The zero-order valence-corrected chi connectivity index (χ0v) is 15.8. The van der Waals surface area contributed by atoms with Crippen molar-refractivity contribution in [1.29, 1.82) is 0 Å². The Hall–Kier alpha value is -2.39. The number of hydrogen-bond acceptors (Lipinski definition) is 5. The molecule has 0 radical (unpaired) electrons. The SMILES string of the molecule is O=C(Nc1cccc(N2CCCS2(=O)=O)c1)c1ccn(C2CCCNC2)n1. The van der Waals surface area contributed by atoms with Crippen LogP contribution in [0.2, 0.25) is 0 Å². The van der Waals surface area contributed by atoms with Crippen LogP contribution in [0.5, 0.6) is 0 Å². The lowest BCUT2D eigenvalue weighted by Crippen LogP contribution is -2.32. The molecule has 1 unspecified atom stereocenters. The van der Waals surface area contributed by atoms with Gasteiger partial charge in [-0.25, -0.2) is 8.42 Å². The largest absolute Gasteiger partial charge is 0.321 e. The molecule has 2 aliphatic rings. The Morgan fingerprint density at radius 1 is 1.26 bits per heavy atom. The van der Waals surface area contributed by atoms with Gasteiger partial charge in [-0.05, 0) is 50.1 Å². The third-order valence-corrected chi connectivity index (χ3v) is 6.85. The number of carbonyl (C=O) groups is 1. The van der Waals surface area contributed by atoms with Crippen molar-refractivity contribution in [1.82, 2.24) is 15.1 Å². The van der Waals surface area contributed by atoms with Crippen LogP contribution in [0.1, 0.15) is 35.8 Å². The number of anilines is 2. The van der Waals surface area contributed by atoms with Crippen molar-refractivity contribution < 1.29 is 13.2 Å². The minimum absolute atomic E-state index is 0.164. The summed E-state index contributed by atoms with van der Waals surface area (Å²) in [5, 5.41) is 10.6. The van der Waals surface area contributed by atoms with Crippen molar-refractivity contribution in [2.45, 2.75) is 25.3 Å². The molecule has 3 heterocycles. The van der Waals surface area contributed by atoms with E-state index in [9.17, 15) is 13.2 Å². The second-order valence-electron chi connectivity index (χ2n) is 6.93. The first-order valence-electron chi connectivity index (χ1n) is 9.21. The van der Waals surface area contributed by atoms with E-state index in [1.165, 1.54) is 4.31 Å². The Morgan fingerprint density at radius 2 is 2.15 bits per heavy atom. The lowest BCUT2D eigenvalue weighted by Gasteiger charge is -2.22. The molecule has 144 valence electrons. The number of nitrogens with one attached hydrogen (secondary N) is 2. The zero-order chi connectivity index (χ0) is 18.9. The van der Waals surface area contributed by atoms with Gasteiger partial charge in [-0.3, -0.25) is 13.8 Å². The van der Waals surface area contributed by atoms with E-state index < -0.39 is 10.0 Å². The molecule has 1 amide bonds. The highest BCUT2D eigenvalue weighted by molar-refractivity contribution is 7.93. The molecular formula is C18H23N5O3S. The quantitative estimate of drug-likeness (QED) is 0.828. The van der Waals surface area contributed by atoms with Gasteiger partial charge in [0.15, 0.2) is 5.69 Å².